The minimum absolute atomic E-state index is 0.292. The number of carboxylic acids is 3. The van der Waals surface area contributed by atoms with Gasteiger partial charge in [0.05, 0.1) is 11.8 Å². The van der Waals surface area contributed by atoms with Crippen LogP contribution in [0.3, 0.4) is 0 Å². The Bertz CT molecular complexity index is 263. The molecule has 8 heteroatoms. The van der Waals surface area contributed by atoms with Crippen LogP contribution >= 0.6 is 25.3 Å². The van der Waals surface area contributed by atoms with Crippen LogP contribution in [0.4, 0.5) is 0 Å². The van der Waals surface area contributed by atoms with Crippen LogP contribution in [-0.4, -0.2) is 44.7 Å². The summed E-state index contributed by atoms with van der Waals surface area (Å²) in [6, 6.07) is 0. The molecule has 0 saturated carbocycles. The van der Waals surface area contributed by atoms with Gasteiger partial charge in [-0.05, 0) is 6.42 Å². The molecule has 0 spiro atoms. The Morgan fingerprint density at radius 1 is 0.900 bits per heavy atom. The number of aliphatic carboxylic acids is 3. The van der Waals surface area contributed by atoms with E-state index in [1.54, 1.807) is 13.8 Å². The predicted molar refractivity (Wildman–Crippen MR) is 83.8 cm³/mol. The highest BCUT2D eigenvalue weighted by atomic mass is 32.1. The van der Waals surface area contributed by atoms with Gasteiger partial charge in [0.15, 0.2) is 0 Å². The van der Waals surface area contributed by atoms with Crippen molar-refractivity contribution >= 4 is 43.2 Å². The molecule has 120 valence electrons. The molecule has 0 saturated heterocycles. The fourth-order valence-corrected chi connectivity index (χ4v) is 0.682. The van der Waals surface area contributed by atoms with Crippen molar-refractivity contribution in [3.63, 3.8) is 0 Å². The molecule has 2 atom stereocenters. The summed E-state index contributed by atoms with van der Waals surface area (Å²) in [5.41, 5.74) is 0. The molecule has 3 N–H and O–H groups in total. The summed E-state index contributed by atoms with van der Waals surface area (Å²) in [4.78, 5) is 29.4. The highest BCUT2D eigenvalue weighted by Gasteiger charge is 2.06. The molecular weight excluding hydrogens is 304 g/mol. The summed E-state index contributed by atoms with van der Waals surface area (Å²) in [5, 5.41) is 24.2. The Labute approximate surface area is 130 Å². The van der Waals surface area contributed by atoms with Crippen LogP contribution in [0, 0.1) is 11.8 Å². The van der Waals surface area contributed by atoms with E-state index in [0.29, 0.717) is 17.9 Å². The smallest absolute Gasteiger partial charge is 0.307 e. The molecule has 0 aromatic carbocycles. The van der Waals surface area contributed by atoms with Crippen molar-refractivity contribution in [3.05, 3.63) is 0 Å². The van der Waals surface area contributed by atoms with Gasteiger partial charge in [0.25, 0.3) is 0 Å². The van der Waals surface area contributed by atoms with Crippen molar-refractivity contribution in [3.8, 4) is 0 Å². The molecule has 0 aliphatic carbocycles. The second-order valence-corrected chi connectivity index (χ2v) is 4.72. The summed E-state index contributed by atoms with van der Waals surface area (Å²) >= 11 is 7.55. The van der Waals surface area contributed by atoms with E-state index in [1.165, 1.54) is 0 Å². The van der Waals surface area contributed by atoms with E-state index in [1.807, 2.05) is 6.92 Å². The molecule has 0 radical (unpaired) electrons. The lowest BCUT2D eigenvalue weighted by atomic mass is 10.2. The molecule has 0 aromatic heterocycles. The summed E-state index contributed by atoms with van der Waals surface area (Å²) in [6.45, 7) is 5.08. The molecule has 0 heterocycles. The summed E-state index contributed by atoms with van der Waals surface area (Å²) in [7, 11) is 0. The van der Waals surface area contributed by atoms with Crippen molar-refractivity contribution in [2.75, 3.05) is 11.5 Å². The van der Waals surface area contributed by atoms with Gasteiger partial charge in [-0.3, -0.25) is 14.4 Å². The third-order valence-corrected chi connectivity index (χ3v) is 2.95. The van der Waals surface area contributed by atoms with Crippen molar-refractivity contribution in [1.29, 1.82) is 0 Å². The average molecular weight is 328 g/mol. The van der Waals surface area contributed by atoms with Gasteiger partial charge in [0.2, 0.25) is 0 Å². The van der Waals surface area contributed by atoms with E-state index in [4.69, 9.17) is 15.3 Å². The second-order valence-electron chi connectivity index (χ2n) is 3.99. The zero-order chi connectivity index (χ0) is 16.7. The molecule has 0 aromatic rings. The Hall–Kier alpha value is -0.890. The van der Waals surface area contributed by atoms with Crippen LogP contribution in [-0.2, 0) is 14.4 Å². The molecule has 6 nitrogen and oxygen atoms in total. The molecule has 0 aliphatic heterocycles. The second kappa shape index (κ2) is 16.2. The molecule has 2 unspecified atom stereocenters. The van der Waals surface area contributed by atoms with Crippen molar-refractivity contribution in [2.45, 2.75) is 33.6 Å². The number of hydrogen-bond donors (Lipinski definition) is 5. The number of hydrogen-bond acceptors (Lipinski definition) is 5. The minimum Gasteiger partial charge on any atom is -0.481 e. The van der Waals surface area contributed by atoms with Crippen molar-refractivity contribution < 1.29 is 29.7 Å². The van der Waals surface area contributed by atoms with E-state index in [9.17, 15) is 14.4 Å². The van der Waals surface area contributed by atoms with Crippen LogP contribution in [0.1, 0.15) is 33.6 Å². The Kier molecular flexibility index (Phi) is 19.5. The molecule has 20 heavy (non-hydrogen) atoms. The Morgan fingerprint density at radius 2 is 1.20 bits per heavy atom. The van der Waals surface area contributed by atoms with Crippen LogP contribution in [0.15, 0.2) is 0 Å². The molecule has 0 bridgehead atoms. The molecular formula is C12H24O6S2. The van der Waals surface area contributed by atoms with E-state index >= 15 is 0 Å². The van der Waals surface area contributed by atoms with Crippen molar-refractivity contribution in [2.24, 2.45) is 11.8 Å². The van der Waals surface area contributed by atoms with E-state index in [-0.39, 0.29) is 11.8 Å². The van der Waals surface area contributed by atoms with E-state index in [0.717, 1.165) is 6.42 Å². The third-order valence-electron chi connectivity index (χ3n) is 1.85. The topological polar surface area (TPSA) is 112 Å². The van der Waals surface area contributed by atoms with Crippen molar-refractivity contribution in [1.82, 2.24) is 0 Å². The first kappa shape index (κ1) is 24.1. The maximum absolute atomic E-state index is 9.88. The maximum atomic E-state index is 9.88. The largest absolute Gasteiger partial charge is 0.481 e. The van der Waals surface area contributed by atoms with Crippen LogP contribution < -0.4 is 0 Å². The summed E-state index contributed by atoms with van der Waals surface area (Å²) in [5.74, 6) is -2.08. The number of carboxylic acid groups (broad SMARTS) is 3. The Balaban J connectivity index is -0.000000218. The highest BCUT2D eigenvalue weighted by Crippen LogP contribution is 1.95. The number of thiol groups is 2. The maximum Gasteiger partial charge on any atom is 0.307 e. The molecule has 0 fully saturated rings. The van der Waals surface area contributed by atoms with Gasteiger partial charge < -0.3 is 15.3 Å². The zero-order valence-corrected chi connectivity index (χ0v) is 13.7. The number of rotatable bonds is 6. The van der Waals surface area contributed by atoms with E-state index < -0.39 is 17.9 Å². The molecule has 0 rings (SSSR count). The van der Waals surface area contributed by atoms with E-state index in [2.05, 4.69) is 25.3 Å². The van der Waals surface area contributed by atoms with Gasteiger partial charge in [-0.2, -0.15) is 25.3 Å². The van der Waals surface area contributed by atoms with Gasteiger partial charge in [-0.15, -0.1) is 0 Å². The van der Waals surface area contributed by atoms with Crippen LogP contribution in [0.2, 0.25) is 0 Å². The first-order valence-corrected chi connectivity index (χ1v) is 7.29. The number of carbonyl (C=O) groups is 3. The fourth-order valence-electron chi connectivity index (χ4n) is 0.370. The average Bonchev–Trinajstić information content (AvgIpc) is 2.37. The first-order chi connectivity index (χ1) is 9.13. The normalized spacial score (nSPS) is 11.8. The van der Waals surface area contributed by atoms with Gasteiger partial charge in [0.1, 0.15) is 0 Å². The predicted octanol–water partition coefficient (Wildman–Crippen LogP) is 2.14. The molecule has 0 amide bonds. The monoisotopic (exact) mass is 328 g/mol. The SMILES string of the molecule is CC(CS)C(=O)O.CC(CS)C(=O)O.CCCC(=O)O. The first-order valence-electron chi connectivity index (χ1n) is 6.02. The van der Waals surface area contributed by atoms with Crippen LogP contribution in [0.25, 0.3) is 0 Å². The van der Waals surface area contributed by atoms with Crippen LogP contribution in [0.5, 0.6) is 0 Å². The fraction of sp³-hybridized carbons (Fsp3) is 0.750. The zero-order valence-electron chi connectivity index (χ0n) is 11.9. The minimum atomic E-state index is -0.782. The van der Waals surface area contributed by atoms with Gasteiger partial charge in [-0.1, -0.05) is 20.8 Å². The summed E-state index contributed by atoms with van der Waals surface area (Å²) < 4.78 is 0. The Morgan fingerprint density at radius 3 is 1.20 bits per heavy atom. The quantitative estimate of drug-likeness (QED) is 0.478. The lowest BCUT2D eigenvalue weighted by molar-refractivity contribution is -0.141. The lowest BCUT2D eigenvalue weighted by Crippen LogP contribution is -2.09. The standard InChI is InChI=1S/2C4H8O2S.C4H8O2/c2*1-3(2-7)4(5)6;1-2-3-4(5)6/h2*3,7H,2H2,1H3,(H,5,6);2-3H2,1H3,(H,5,6). The molecule has 0 aliphatic rings. The summed E-state index contributed by atoms with van der Waals surface area (Å²) in [6.07, 6.45) is 1.02. The third kappa shape index (κ3) is 22.3. The van der Waals surface area contributed by atoms with Gasteiger partial charge in [0, 0.05) is 17.9 Å². The lowest BCUT2D eigenvalue weighted by Gasteiger charge is -1.95. The van der Waals surface area contributed by atoms with Gasteiger partial charge in [-0.25, -0.2) is 0 Å². The highest BCUT2D eigenvalue weighted by molar-refractivity contribution is 7.80. The van der Waals surface area contributed by atoms with Gasteiger partial charge >= 0.3 is 17.9 Å².